The summed E-state index contributed by atoms with van der Waals surface area (Å²) in [6, 6.07) is 29.8. The van der Waals surface area contributed by atoms with Gasteiger partial charge in [-0.2, -0.15) is 0 Å². The van der Waals surface area contributed by atoms with Gasteiger partial charge in [0.05, 0.1) is 51.8 Å². The van der Waals surface area contributed by atoms with Gasteiger partial charge < -0.3 is 19.4 Å². The van der Waals surface area contributed by atoms with Gasteiger partial charge in [-0.25, -0.2) is 19.6 Å². The van der Waals surface area contributed by atoms with Crippen molar-refractivity contribution in [3.63, 3.8) is 0 Å². The summed E-state index contributed by atoms with van der Waals surface area (Å²) in [4.78, 5) is 45.4. The molecule has 10 nitrogen and oxygen atoms in total. The maximum atomic E-state index is 13.5. The highest BCUT2D eigenvalue weighted by Gasteiger charge is 2.27. The average Bonchev–Trinajstić information content (AvgIpc) is 4.00. The molecule has 0 radical (unpaired) electrons. The highest BCUT2D eigenvalue weighted by atomic mass is 16.6. The van der Waals surface area contributed by atoms with Crippen molar-refractivity contribution < 1.29 is 19.1 Å². The molecule has 0 saturated heterocycles. The van der Waals surface area contributed by atoms with Crippen LogP contribution in [0, 0.1) is 13.8 Å². The quantitative estimate of drug-likeness (QED) is 0.102. The number of aromatic amines is 2. The number of carbonyl (C=O) groups is 2. The number of hydrogen-bond acceptors (Lipinski definition) is 6. The predicted molar refractivity (Wildman–Crippen MR) is 267 cm³/mol. The van der Waals surface area contributed by atoms with E-state index in [1.165, 1.54) is 5.56 Å². The van der Waals surface area contributed by atoms with Gasteiger partial charge in [0, 0.05) is 33.3 Å². The number of ether oxygens (including phenoxy) is 2. The van der Waals surface area contributed by atoms with Gasteiger partial charge in [-0.1, -0.05) is 94.4 Å². The molecule has 0 saturated carbocycles. The molecule has 8 bridgehead atoms. The van der Waals surface area contributed by atoms with E-state index in [4.69, 9.17) is 19.4 Å². The lowest BCUT2D eigenvalue weighted by atomic mass is 9.94. The Hall–Kier alpha value is -7.20. The van der Waals surface area contributed by atoms with Crippen molar-refractivity contribution >= 4 is 67.9 Å². The molecule has 5 heterocycles. The third kappa shape index (κ3) is 8.36. The zero-order valence-corrected chi connectivity index (χ0v) is 38.9. The SMILES string of the molecule is CCOC(=O)Nc1ccccc1-c1c2nc(cc3[nH]c(c(C)c3CC)c(-c3ccccc3NC(=O)OCc3ccccc3)c3nc(cc4[nH]c1c(C)c4CC)C(CC)=C3C)C(CC)=C2C. The van der Waals surface area contributed by atoms with E-state index in [2.05, 4.69) is 88.1 Å². The van der Waals surface area contributed by atoms with Crippen LogP contribution in [-0.2, 0) is 28.9 Å². The number of aryl methyl sites for hydroxylation is 4. The minimum Gasteiger partial charge on any atom is -0.450 e. The number of anilines is 2. The van der Waals surface area contributed by atoms with E-state index >= 15 is 0 Å². The lowest BCUT2D eigenvalue weighted by Crippen LogP contribution is -2.14. The third-order valence-corrected chi connectivity index (χ3v) is 12.8. The lowest BCUT2D eigenvalue weighted by Gasteiger charge is -2.14. The first kappa shape index (κ1) is 44.4. The molecule has 2 amide bonds. The fraction of sp³-hybridized carbons (Fsp3) is 0.273. The summed E-state index contributed by atoms with van der Waals surface area (Å²) in [7, 11) is 0. The van der Waals surface area contributed by atoms with Crippen LogP contribution in [0.2, 0.25) is 0 Å². The largest absolute Gasteiger partial charge is 0.450 e. The predicted octanol–water partition coefficient (Wildman–Crippen LogP) is 14.4. The van der Waals surface area contributed by atoms with Crippen molar-refractivity contribution in [2.75, 3.05) is 17.2 Å². The summed E-state index contributed by atoms with van der Waals surface area (Å²) in [5.41, 5.74) is 21.7. The molecule has 10 heteroatoms. The first-order valence-corrected chi connectivity index (χ1v) is 22.8. The molecule has 332 valence electrons. The van der Waals surface area contributed by atoms with Crippen molar-refractivity contribution in [1.29, 1.82) is 0 Å². The summed E-state index contributed by atoms with van der Waals surface area (Å²) in [6.07, 6.45) is 1.99. The van der Waals surface area contributed by atoms with Gasteiger partial charge in [0.25, 0.3) is 0 Å². The summed E-state index contributed by atoms with van der Waals surface area (Å²) in [5, 5.41) is 6.12. The van der Waals surface area contributed by atoms with Crippen molar-refractivity contribution in [1.82, 2.24) is 19.9 Å². The molecule has 4 N–H and O–H groups in total. The Bertz CT molecular complexity index is 3080. The van der Waals surface area contributed by atoms with Crippen LogP contribution in [0.1, 0.15) is 112 Å². The van der Waals surface area contributed by atoms with Crippen LogP contribution in [0.3, 0.4) is 0 Å². The number of para-hydroxylation sites is 2. The Kier molecular flexibility index (Phi) is 12.9. The summed E-state index contributed by atoms with van der Waals surface area (Å²) >= 11 is 0. The molecule has 3 aromatic carbocycles. The molecule has 0 atom stereocenters. The summed E-state index contributed by atoms with van der Waals surface area (Å²) < 4.78 is 11.1. The molecule has 0 aliphatic carbocycles. The average molecular weight is 867 g/mol. The van der Waals surface area contributed by atoms with Gasteiger partial charge in [0.2, 0.25) is 0 Å². The Labute approximate surface area is 381 Å². The van der Waals surface area contributed by atoms with Crippen LogP contribution in [-0.4, -0.2) is 38.7 Å². The maximum Gasteiger partial charge on any atom is 0.411 e. The normalized spacial score (nSPS) is 12.4. The second kappa shape index (κ2) is 18.9. The highest BCUT2D eigenvalue weighted by Crippen LogP contribution is 2.45. The number of aromatic nitrogens is 4. The van der Waals surface area contributed by atoms with E-state index in [0.29, 0.717) is 11.4 Å². The number of fused-ring (bicyclic) bond motifs is 8. The standard InChI is InChI=1S/C55H58N6O4/c1-10-36-31(6)50-48(40-24-18-20-26-42(40)60-54(62)64-14-5)51-32(7)37(11-2)45(57-51)29-47-39(13-4)34(9)53(59-47)49(52-33(8)38(12-3)46(58-52)28-44(36)56-50)41-25-19-21-27-43(41)61-55(63)65-30-35-22-16-15-17-23-35/h15-29,56,59H,10-14,30H2,1-9H3,(H,60,62)(H,61,63). The van der Waals surface area contributed by atoms with Crippen molar-refractivity contribution in [2.24, 2.45) is 0 Å². The first-order valence-electron chi connectivity index (χ1n) is 22.8. The minimum atomic E-state index is -0.543. The number of nitrogens with one attached hydrogen (secondary N) is 4. The minimum absolute atomic E-state index is 0.148. The number of hydrogen-bond donors (Lipinski definition) is 4. The van der Waals surface area contributed by atoms with Crippen LogP contribution >= 0.6 is 0 Å². The molecule has 3 aromatic heterocycles. The number of benzene rings is 3. The molecule has 0 spiro atoms. The Balaban J connectivity index is 1.49. The van der Waals surface area contributed by atoms with Gasteiger partial charge in [-0.05, 0) is 135 Å². The lowest BCUT2D eigenvalue weighted by molar-refractivity contribution is 0.155. The Morgan fingerprint density at radius 2 is 0.985 bits per heavy atom. The van der Waals surface area contributed by atoms with E-state index in [1.54, 1.807) is 6.92 Å². The van der Waals surface area contributed by atoms with E-state index in [1.807, 2.05) is 78.9 Å². The molecule has 65 heavy (non-hydrogen) atoms. The fourth-order valence-corrected chi connectivity index (χ4v) is 9.60. The Morgan fingerprint density at radius 1 is 0.554 bits per heavy atom. The number of amides is 2. The smallest absolute Gasteiger partial charge is 0.411 e. The molecule has 2 aliphatic heterocycles. The molecular formula is C55H58N6O4. The van der Waals surface area contributed by atoms with E-state index in [-0.39, 0.29) is 13.2 Å². The van der Waals surface area contributed by atoms with Gasteiger partial charge in [-0.15, -0.1) is 0 Å². The van der Waals surface area contributed by atoms with Crippen molar-refractivity contribution in [3.05, 3.63) is 142 Å². The van der Waals surface area contributed by atoms with Crippen LogP contribution in [0.25, 0.3) is 66.6 Å². The third-order valence-electron chi connectivity index (χ3n) is 12.8. The molecular weight excluding hydrogens is 809 g/mol. The monoisotopic (exact) mass is 866 g/mol. The zero-order valence-electron chi connectivity index (χ0n) is 38.9. The molecule has 8 rings (SSSR count). The first-order chi connectivity index (χ1) is 31.5. The topological polar surface area (TPSA) is 134 Å². The Morgan fingerprint density at radius 3 is 1.42 bits per heavy atom. The number of allylic oxidation sites excluding steroid dienone is 4. The van der Waals surface area contributed by atoms with Crippen molar-refractivity contribution in [2.45, 2.75) is 94.6 Å². The molecule has 6 aromatic rings. The second-order valence-corrected chi connectivity index (χ2v) is 16.5. The van der Waals surface area contributed by atoms with Gasteiger partial charge in [0.1, 0.15) is 6.61 Å². The fourth-order valence-electron chi connectivity index (χ4n) is 9.60. The summed E-state index contributed by atoms with van der Waals surface area (Å²) in [5.74, 6) is 0. The van der Waals surface area contributed by atoms with Crippen molar-refractivity contribution in [3.8, 4) is 22.3 Å². The molecule has 0 fully saturated rings. The summed E-state index contributed by atoms with van der Waals surface area (Å²) in [6.45, 7) is 19.5. The molecule has 2 aliphatic rings. The van der Waals surface area contributed by atoms with Crippen LogP contribution in [0.15, 0.2) is 91.0 Å². The number of nitrogens with zero attached hydrogens (tertiary/aromatic N) is 2. The second-order valence-electron chi connectivity index (χ2n) is 16.5. The van der Waals surface area contributed by atoms with Gasteiger partial charge in [-0.3, -0.25) is 10.6 Å². The van der Waals surface area contributed by atoms with Crippen LogP contribution in [0.4, 0.5) is 21.0 Å². The van der Waals surface area contributed by atoms with Gasteiger partial charge in [0.15, 0.2) is 0 Å². The number of rotatable bonds is 11. The van der Waals surface area contributed by atoms with Crippen LogP contribution < -0.4 is 10.6 Å². The number of H-pyrrole nitrogens is 2. The molecule has 0 unspecified atom stereocenters. The zero-order chi connectivity index (χ0) is 45.9. The number of carbonyl (C=O) groups excluding carboxylic acids is 2. The highest BCUT2D eigenvalue weighted by molar-refractivity contribution is 6.07. The van der Waals surface area contributed by atoms with Gasteiger partial charge >= 0.3 is 12.2 Å². The maximum absolute atomic E-state index is 13.5. The van der Waals surface area contributed by atoms with E-state index in [9.17, 15) is 9.59 Å². The van der Waals surface area contributed by atoms with Crippen LogP contribution in [0.5, 0.6) is 0 Å². The van der Waals surface area contributed by atoms with E-state index < -0.39 is 12.2 Å². The van der Waals surface area contributed by atoms with E-state index in [0.717, 1.165) is 137 Å².